The molecule has 0 saturated carbocycles. The van der Waals surface area contributed by atoms with Gasteiger partial charge < -0.3 is 24.4 Å². The zero-order valence-corrected chi connectivity index (χ0v) is 16.0. The fourth-order valence-electron chi connectivity index (χ4n) is 3.05. The normalized spacial score (nSPS) is 16.0. The number of benzene rings is 2. The van der Waals surface area contributed by atoms with Gasteiger partial charge in [0.2, 0.25) is 5.91 Å². The van der Waals surface area contributed by atoms with Crippen LogP contribution < -0.4 is 24.4 Å². The van der Waals surface area contributed by atoms with Gasteiger partial charge in [-0.25, -0.2) is 0 Å². The van der Waals surface area contributed by atoms with Crippen molar-refractivity contribution in [1.29, 1.82) is 0 Å². The molecular formula is C21H24N2O5. The molecule has 1 saturated heterocycles. The van der Waals surface area contributed by atoms with E-state index < -0.39 is 0 Å². The molecule has 2 amide bonds. The van der Waals surface area contributed by atoms with Crippen LogP contribution in [0.15, 0.2) is 48.5 Å². The van der Waals surface area contributed by atoms with Crippen LogP contribution in [-0.2, 0) is 9.59 Å². The molecule has 1 atom stereocenters. The van der Waals surface area contributed by atoms with Crippen molar-refractivity contribution in [3.63, 3.8) is 0 Å². The molecule has 0 bridgehead atoms. The van der Waals surface area contributed by atoms with Crippen molar-refractivity contribution >= 4 is 17.5 Å². The molecule has 7 nitrogen and oxygen atoms in total. The minimum atomic E-state index is -0.265. The van der Waals surface area contributed by atoms with Gasteiger partial charge in [0.25, 0.3) is 5.91 Å². The van der Waals surface area contributed by atoms with Gasteiger partial charge in [0.1, 0.15) is 17.2 Å². The summed E-state index contributed by atoms with van der Waals surface area (Å²) in [4.78, 5) is 26.2. The van der Waals surface area contributed by atoms with E-state index in [0.717, 1.165) is 11.4 Å². The van der Waals surface area contributed by atoms with Crippen molar-refractivity contribution < 1.29 is 23.8 Å². The summed E-state index contributed by atoms with van der Waals surface area (Å²) in [5, 5.41) is 2.86. The van der Waals surface area contributed by atoms with E-state index in [4.69, 9.17) is 14.2 Å². The molecule has 1 fully saturated rings. The van der Waals surface area contributed by atoms with Gasteiger partial charge in [-0.05, 0) is 43.3 Å². The predicted molar refractivity (Wildman–Crippen MR) is 105 cm³/mol. The summed E-state index contributed by atoms with van der Waals surface area (Å²) < 4.78 is 16.1. The fourth-order valence-corrected chi connectivity index (χ4v) is 3.05. The number of nitrogens with one attached hydrogen (secondary N) is 1. The highest BCUT2D eigenvalue weighted by atomic mass is 16.5. The van der Waals surface area contributed by atoms with Crippen LogP contribution in [0.5, 0.6) is 17.2 Å². The van der Waals surface area contributed by atoms with Gasteiger partial charge >= 0.3 is 0 Å². The molecule has 0 unspecified atom stereocenters. The third-order valence-corrected chi connectivity index (χ3v) is 4.36. The molecule has 1 aliphatic heterocycles. The second-order valence-electron chi connectivity index (χ2n) is 6.37. The summed E-state index contributed by atoms with van der Waals surface area (Å²) in [5.74, 6) is 1.72. The lowest BCUT2D eigenvalue weighted by Gasteiger charge is -2.18. The monoisotopic (exact) mass is 384 g/mol. The number of ether oxygens (including phenoxy) is 3. The largest absolute Gasteiger partial charge is 0.497 e. The van der Waals surface area contributed by atoms with E-state index in [-0.39, 0.29) is 30.9 Å². The standard InChI is InChI=1S/C21H24N2O5/c1-3-27-17-7-9-18(10-8-17)28-14-20(24)22-15-11-21(25)23(13-15)16-5-4-6-19(12-16)26-2/h4-10,12,15H,3,11,13-14H2,1-2H3,(H,22,24)/t15-/m1/s1. The zero-order valence-electron chi connectivity index (χ0n) is 16.0. The molecular weight excluding hydrogens is 360 g/mol. The van der Waals surface area contributed by atoms with E-state index in [1.54, 1.807) is 42.3 Å². The Morgan fingerprint density at radius 3 is 2.50 bits per heavy atom. The van der Waals surface area contributed by atoms with Crippen molar-refractivity contribution in [3.05, 3.63) is 48.5 Å². The minimum Gasteiger partial charge on any atom is -0.497 e. The molecule has 1 heterocycles. The first kappa shape index (κ1) is 19.5. The number of hydrogen-bond acceptors (Lipinski definition) is 5. The second-order valence-corrected chi connectivity index (χ2v) is 6.37. The van der Waals surface area contributed by atoms with Crippen molar-refractivity contribution in [2.24, 2.45) is 0 Å². The number of hydrogen-bond donors (Lipinski definition) is 1. The topological polar surface area (TPSA) is 77.1 Å². The summed E-state index contributed by atoms with van der Waals surface area (Å²) in [6.07, 6.45) is 0.256. The SMILES string of the molecule is CCOc1ccc(OCC(=O)N[C@@H]2CC(=O)N(c3cccc(OC)c3)C2)cc1. The van der Waals surface area contributed by atoms with Crippen molar-refractivity contribution in [1.82, 2.24) is 5.32 Å². The van der Waals surface area contributed by atoms with E-state index in [1.807, 2.05) is 25.1 Å². The van der Waals surface area contributed by atoms with Crippen LogP contribution >= 0.6 is 0 Å². The highest BCUT2D eigenvalue weighted by Crippen LogP contribution is 2.25. The van der Waals surface area contributed by atoms with E-state index in [9.17, 15) is 9.59 Å². The van der Waals surface area contributed by atoms with Crippen LogP contribution in [0, 0.1) is 0 Å². The zero-order chi connectivity index (χ0) is 19.9. The van der Waals surface area contributed by atoms with Gasteiger partial charge in [0, 0.05) is 24.7 Å². The van der Waals surface area contributed by atoms with E-state index in [1.165, 1.54) is 0 Å². The first-order chi connectivity index (χ1) is 13.6. The average Bonchev–Trinajstić information content (AvgIpc) is 3.07. The molecule has 2 aromatic rings. The molecule has 2 aromatic carbocycles. The Morgan fingerprint density at radius 1 is 1.11 bits per heavy atom. The van der Waals surface area contributed by atoms with Gasteiger partial charge in [0.15, 0.2) is 6.61 Å². The van der Waals surface area contributed by atoms with Crippen molar-refractivity contribution in [2.45, 2.75) is 19.4 Å². The lowest BCUT2D eigenvalue weighted by Crippen LogP contribution is -2.39. The fraction of sp³-hybridized carbons (Fsp3) is 0.333. The summed E-state index contributed by atoms with van der Waals surface area (Å²) >= 11 is 0. The number of rotatable bonds is 8. The number of carbonyl (C=O) groups is 2. The van der Waals surface area contributed by atoms with E-state index >= 15 is 0 Å². The smallest absolute Gasteiger partial charge is 0.258 e. The first-order valence-electron chi connectivity index (χ1n) is 9.18. The summed E-state index contributed by atoms with van der Waals surface area (Å²) in [6.45, 7) is 2.81. The van der Waals surface area contributed by atoms with Crippen LogP contribution in [0.1, 0.15) is 13.3 Å². The van der Waals surface area contributed by atoms with Crippen LogP contribution in [0.4, 0.5) is 5.69 Å². The Balaban J connectivity index is 1.50. The van der Waals surface area contributed by atoms with E-state index in [2.05, 4.69) is 5.32 Å². The molecule has 3 rings (SSSR count). The maximum absolute atomic E-state index is 12.3. The van der Waals surface area contributed by atoms with Gasteiger partial charge in [-0.1, -0.05) is 6.07 Å². The van der Waals surface area contributed by atoms with Gasteiger partial charge in [-0.3, -0.25) is 9.59 Å². The predicted octanol–water partition coefficient (Wildman–Crippen LogP) is 2.39. The Labute approximate surface area is 164 Å². The minimum absolute atomic E-state index is 0.0361. The number of amides is 2. The maximum atomic E-state index is 12.3. The Hall–Kier alpha value is -3.22. The molecule has 7 heteroatoms. The molecule has 0 spiro atoms. The second kappa shape index (κ2) is 9.12. The van der Waals surface area contributed by atoms with Gasteiger partial charge in [0.05, 0.1) is 19.8 Å². The third kappa shape index (κ3) is 4.94. The molecule has 0 radical (unpaired) electrons. The summed E-state index contributed by atoms with van der Waals surface area (Å²) in [5.41, 5.74) is 0.756. The first-order valence-corrected chi connectivity index (χ1v) is 9.18. The van der Waals surface area contributed by atoms with Crippen molar-refractivity contribution in [3.8, 4) is 17.2 Å². The lowest BCUT2D eigenvalue weighted by molar-refractivity contribution is -0.123. The van der Waals surface area contributed by atoms with Crippen LogP contribution in [0.25, 0.3) is 0 Å². The molecule has 0 aliphatic carbocycles. The quantitative estimate of drug-likeness (QED) is 0.756. The van der Waals surface area contributed by atoms with Crippen molar-refractivity contribution in [2.75, 3.05) is 31.8 Å². The molecule has 1 N–H and O–H groups in total. The lowest BCUT2D eigenvalue weighted by atomic mass is 10.2. The van der Waals surface area contributed by atoms with Crippen LogP contribution in [-0.4, -0.2) is 44.7 Å². The number of carbonyl (C=O) groups excluding carboxylic acids is 2. The molecule has 1 aliphatic rings. The maximum Gasteiger partial charge on any atom is 0.258 e. The molecule has 148 valence electrons. The molecule has 28 heavy (non-hydrogen) atoms. The van der Waals surface area contributed by atoms with Crippen LogP contribution in [0.3, 0.4) is 0 Å². The molecule has 0 aromatic heterocycles. The number of nitrogens with zero attached hydrogens (tertiary/aromatic N) is 1. The summed E-state index contributed by atoms with van der Waals surface area (Å²) in [6, 6.07) is 14.1. The van der Waals surface area contributed by atoms with Crippen LogP contribution in [0.2, 0.25) is 0 Å². The number of anilines is 1. The Morgan fingerprint density at radius 2 is 1.82 bits per heavy atom. The highest BCUT2D eigenvalue weighted by Gasteiger charge is 2.31. The Bertz CT molecular complexity index is 822. The van der Waals surface area contributed by atoms with Gasteiger partial charge in [-0.15, -0.1) is 0 Å². The number of methoxy groups -OCH3 is 1. The highest BCUT2D eigenvalue weighted by molar-refractivity contribution is 5.97. The van der Waals surface area contributed by atoms with Gasteiger partial charge in [-0.2, -0.15) is 0 Å². The average molecular weight is 384 g/mol. The van der Waals surface area contributed by atoms with E-state index in [0.29, 0.717) is 24.7 Å². The Kier molecular flexibility index (Phi) is 6.37. The third-order valence-electron chi connectivity index (χ3n) is 4.36. The summed E-state index contributed by atoms with van der Waals surface area (Å²) in [7, 11) is 1.58.